The summed E-state index contributed by atoms with van der Waals surface area (Å²) < 4.78 is 0. The largest absolute Gasteiger partial charge is 0.342 e. The van der Waals surface area contributed by atoms with Gasteiger partial charge in [-0.05, 0) is 73.3 Å². The van der Waals surface area contributed by atoms with Crippen molar-refractivity contribution in [2.75, 3.05) is 26.2 Å². The van der Waals surface area contributed by atoms with Gasteiger partial charge in [0.25, 0.3) is 0 Å². The molecule has 0 bridgehead atoms. The van der Waals surface area contributed by atoms with Gasteiger partial charge in [-0.2, -0.15) is 0 Å². The predicted octanol–water partition coefficient (Wildman–Crippen LogP) is 2.37. The van der Waals surface area contributed by atoms with Crippen molar-refractivity contribution in [3.05, 3.63) is 52.2 Å². The smallest absolute Gasteiger partial charge is 0.244 e. The quantitative estimate of drug-likeness (QED) is 0.630. The van der Waals surface area contributed by atoms with Gasteiger partial charge in [-0.15, -0.1) is 0 Å². The summed E-state index contributed by atoms with van der Waals surface area (Å²) in [5.41, 5.74) is 13.9. The lowest BCUT2D eigenvalue weighted by Gasteiger charge is -2.42. The Morgan fingerprint density at radius 2 is 2.00 bits per heavy atom. The average Bonchev–Trinajstić information content (AvgIpc) is 3.72. The lowest BCUT2D eigenvalue weighted by atomic mass is 9.88. The van der Waals surface area contributed by atoms with Crippen LogP contribution in [0.5, 0.6) is 0 Å². The number of likely N-dealkylation sites (tertiary alicyclic amines) is 1. The van der Waals surface area contributed by atoms with E-state index in [-0.39, 0.29) is 23.5 Å². The lowest BCUT2D eigenvalue weighted by molar-refractivity contribution is -0.140. The number of rotatable bonds is 5. The van der Waals surface area contributed by atoms with Gasteiger partial charge in [0, 0.05) is 43.7 Å². The summed E-state index contributed by atoms with van der Waals surface area (Å²) in [5.74, 6) is 1.24. The first-order valence-corrected chi connectivity index (χ1v) is 12.9. The van der Waals surface area contributed by atoms with Crippen LogP contribution in [0.15, 0.2) is 35.5 Å². The number of benzene rings is 1. The number of amides is 2. The van der Waals surface area contributed by atoms with Crippen molar-refractivity contribution in [1.29, 1.82) is 0 Å². The van der Waals surface area contributed by atoms with Gasteiger partial charge >= 0.3 is 0 Å². The van der Waals surface area contributed by atoms with Gasteiger partial charge in [-0.1, -0.05) is 24.3 Å². The second-order valence-corrected chi connectivity index (χ2v) is 11.1. The number of aryl methyl sites for hydroxylation is 1. The van der Waals surface area contributed by atoms with Crippen LogP contribution in [0.1, 0.15) is 61.4 Å². The summed E-state index contributed by atoms with van der Waals surface area (Å²) in [6.45, 7) is 5.36. The van der Waals surface area contributed by atoms with Crippen LogP contribution in [0, 0.1) is 18.8 Å². The van der Waals surface area contributed by atoms with Gasteiger partial charge in [-0.25, -0.2) is 5.43 Å². The topological polar surface area (TPSA) is 76.7 Å². The van der Waals surface area contributed by atoms with Gasteiger partial charge < -0.3 is 15.2 Å². The van der Waals surface area contributed by atoms with Crippen LogP contribution in [-0.2, 0) is 9.59 Å². The fraction of sp³-hybridized carbons (Fsp3) is 0.556. The van der Waals surface area contributed by atoms with Crippen molar-refractivity contribution >= 4 is 17.4 Å². The minimum atomic E-state index is -0.349. The third kappa shape index (κ3) is 3.24. The number of nitrogens with one attached hydrogen (secondary N) is 3. The molecule has 3 heterocycles. The Balaban J connectivity index is 1.12. The van der Waals surface area contributed by atoms with E-state index in [1.807, 2.05) is 4.90 Å². The number of carbonyl (C=O) groups excluding carboxylic acids is 2. The van der Waals surface area contributed by atoms with E-state index in [4.69, 9.17) is 0 Å². The van der Waals surface area contributed by atoms with Crippen LogP contribution in [-0.4, -0.2) is 53.3 Å². The molecule has 0 aromatic heterocycles. The summed E-state index contributed by atoms with van der Waals surface area (Å²) in [5, 5.41) is 3.70. The maximum Gasteiger partial charge on any atom is 0.244 e. The van der Waals surface area contributed by atoms with Crippen molar-refractivity contribution in [2.24, 2.45) is 11.8 Å². The molecular formula is C27H33N5O2. The van der Waals surface area contributed by atoms with Gasteiger partial charge in [0.2, 0.25) is 11.8 Å². The van der Waals surface area contributed by atoms with Gasteiger partial charge in [-0.3, -0.25) is 14.9 Å². The van der Waals surface area contributed by atoms with E-state index in [9.17, 15) is 9.59 Å². The maximum absolute atomic E-state index is 13.4. The summed E-state index contributed by atoms with van der Waals surface area (Å²) >= 11 is 0. The molecule has 3 aliphatic carbocycles. The van der Waals surface area contributed by atoms with Crippen LogP contribution in [0.2, 0.25) is 0 Å². The molecule has 0 radical (unpaired) electrons. The molecule has 1 aromatic rings. The van der Waals surface area contributed by atoms with E-state index in [0.717, 1.165) is 64.7 Å². The normalized spacial score (nSPS) is 27.6. The highest BCUT2D eigenvalue weighted by Gasteiger charge is 2.60. The molecule has 5 fully saturated rings. The summed E-state index contributed by atoms with van der Waals surface area (Å²) in [4.78, 5) is 29.8. The molecule has 1 aromatic carbocycles. The number of hydrogen-bond acceptors (Lipinski definition) is 5. The Hall–Kier alpha value is -2.64. The Kier molecular flexibility index (Phi) is 4.52. The first-order valence-electron chi connectivity index (χ1n) is 12.9. The summed E-state index contributed by atoms with van der Waals surface area (Å²) in [6.07, 6.45) is 8.28. The van der Waals surface area contributed by atoms with E-state index in [1.54, 1.807) is 0 Å². The van der Waals surface area contributed by atoms with Gasteiger partial charge in [0.15, 0.2) is 0 Å². The van der Waals surface area contributed by atoms with E-state index in [1.165, 1.54) is 33.5 Å². The first-order chi connectivity index (χ1) is 16.5. The number of carbonyl (C=O) groups is 2. The molecule has 1 atom stereocenters. The highest BCUT2D eigenvalue weighted by molar-refractivity contribution is 5.92. The van der Waals surface area contributed by atoms with E-state index < -0.39 is 0 Å². The molecule has 178 valence electrons. The zero-order valence-electron chi connectivity index (χ0n) is 19.8. The predicted molar refractivity (Wildman–Crippen MR) is 129 cm³/mol. The Morgan fingerprint density at radius 3 is 2.74 bits per heavy atom. The molecule has 6 aliphatic rings. The number of nitrogens with zero attached hydrogens (tertiary/aromatic N) is 2. The molecule has 2 saturated carbocycles. The van der Waals surface area contributed by atoms with Crippen molar-refractivity contribution < 1.29 is 9.59 Å². The van der Waals surface area contributed by atoms with E-state index in [0.29, 0.717) is 11.8 Å². The van der Waals surface area contributed by atoms with Crippen LogP contribution >= 0.6 is 0 Å². The molecule has 1 spiro atoms. The second-order valence-electron chi connectivity index (χ2n) is 11.1. The number of hydrazine groups is 1. The van der Waals surface area contributed by atoms with Gasteiger partial charge in [0.1, 0.15) is 11.7 Å². The minimum absolute atomic E-state index is 0.0773. The average molecular weight is 460 g/mol. The molecule has 7 nitrogen and oxygen atoms in total. The minimum Gasteiger partial charge on any atom is -0.342 e. The molecule has 1 unspecified atom stereocenters. The van der Waals surface area contributed by atoms with Crippen molar-refractivity contribution in [1.82, 2.24) is 26.0 Å². The van der Waals surface area contributed by atoms with Crippen LogP contribution in [0.3, 0.4) is 0 Å². The molecule has 7 heteroatoms. The highest BCUT2D eigenvalue weighted by atomic mass is 16.2. The molecule has 2 amide bonds. The number of allylic oxidation sites excluding steroid dienone is 2. The SMILES string of the molecule is Cc1cc(C2=C3CNNC3=CCC2)ccc1C1NC2(CC2)C(=O)N1CC1CN(C(=O)C2CC2)C1. The Morgan fingerprint density at radius 1 is 1.18 bits per heavy atom. The summed E-state index contributed by atoms with van der Waals surface area (Å²) in [7, 11) is 0. The number of fused-ring (bicyclic) bond motifs is 1. The lowest BCUT2D eigenvalue weighted by Crippen LogP contribution is -2.55. The fourth-order valence-electron chi connectivity index (χ4n) is 6.29. The van der Waals surface area contributed by atoms with Crippen molar-refractivity contribution in [3.63, 3.8) is 0 Å². The van der Waals surface area contributed by atoms with E-state index in [2.05, 4.69) is 52.3 Å². The molecule has 7 rings (SSSR count). The van der Waals surface area contributed by atoms with Gasteiger partial charge in [0.05, 0.1) is 0 Å². The van der Waals surface area contributed by atoms with Crippen molar-refractivity contribution in [3.8, 4) is 0 Å². The van der Waals surface area contributed by atoms with Crippen LogP contribution in [0.4, 0.5) is 0 Å². The molecule has 3 N–H and O–H groups in total. The Bertz CT molecular complexity index is 1140. The zero-order chi connectivity index (χ0) is 23.0. The monoisotopic (exact) mass is 459 g/mol. The third-order valence-electron chi connectivity index (χ3n) is 8.63. The molecule has 3 aliphatic heterocycles. The van der Waals surface area contributed by atoms with Crippen molar-refractivity contribution in [2.45, 2.75) is 57.2 Å². The standard InChI is InChI=1S/C27H33N5O2/c1-16-11-19(21-3-2-4-23-22(21)12-28-30-23)7-8-20(16)24-29-27(9-10-27)26(34)32(24)15-17-13-31(14-17)25(33)18-5-6-18/h4,7-8,11,17-18,24,28-30H,2-3,5-6,9-10,12-15H2,1H3. The highest BCUT2D eigenvalue weighted by Crippen LogP contribution is 2.47. The summed E-state index contributed by atoms with van der Waals surface area (Å²) in [6, 6.07) is 6.78. The first kappa shape index (κ1) is 20.7. The van der Waals surface area contributed by atoms with Crippen LogP contribution in [0.25, 0.3) is 5.57 Å². The Labute approximate surface area is 200 Å². The van der Waals surface area contributed by atoms with Crippen LogP contribution < -0.4 is 16.2 Å². The van der Waals surface area contributed by atoms with E-state index >= 15 is 0 Å². The second kappa shape index (κ2) is 7.43. The maximum atomic E-state index is 13.4. The fourth-order valence-corrected chi connectivity index (χ4v) is 6.29. The molecule has 3 saturated heterocycles. The molecule has 34 heavy (non-hydrogen) atoms. The molecular weight excluding hydrogens is 426 g/mol. The third-order valence-corrected chi connectivity index (χ3v) is 8.63. The number of hydrogen-bond donors (Lipinski definition) is 3. The zero-order valence-corrected chi connectivity index (χ0v) is 19.8.